The molecule has 1 aromatic carbocycles. The van der Waals surface area contributed by atoms with E-state index in [0.29, 0.717) is 18.0 Å². The van der Waals surface area contributed by atoms with Crippen LogP contribution in [0.4, 0.5) is 0 Å². The Morgan fingerprint density at radius 3 is 2.76 bits per heavy atom. The summed E-state index contributed by atoms with van der Waals surface area (Å²) in [4.78, 5) is 12.3. The van der Waals surface area contributed by atoms with E-state index in [4.69, 9.17) is 13.9 Å². The molecule has 0 spiro atoms. The molecule has 1 aliphatic carbocycles. The number of benzene rings is 1. The molecule has 2 aliphatic rings. The van der Waals surface area contributed by atoms with Gasteiger partial charge in [0.2, 0.25) is 5.78 Å². The van der Waals surface area contributed by atoms with Crippen LogP contribution in [0.3, 0.4) is 0 Å². The molecule has 156 valence electrons. The Morgan fingerprint density at radius 2 is 1.97 bits per heavy atom. The lowest BCUT2D eigenvalue weighted by molar-refractivity contribution is -0.143. The molecule has 1 unspecified atom stereocenters. The zero-order chi connectivity index (χ0) is 20.4. The van der Waals surface area contributed by atoms with Gasteiger partial charge in [-0.2, -0.15) is 0 Å². The van der Waals surface area contributed by atoms with Crippen molar-refractivity contribution in [1.29, 1.82) is 0 Å². The number of rotatable bonds is 6. The van der Waals surface area contributed by atoms with Gasteiger partial charge in [-0.25, -0.2) is 0 Å². The van der Waals surface area contributed by atoms with Crippen LogP contribution in [-0.2, 0) is 9.53 Å². The molecule has 2 aromatic rings. The molecule has 0 saturated heterocycles. The molecule has 4 rings (SSSR count). The Kier molecular flexibility index (Phi) is 5.68. The Hall–Kier alpha value is -2.27. The number of furan rings is 1. The van der Waals surface area contributed by atoms with Crippen molar-refractivity contribution in [3.63, 3.8) is 0 Å². The minimum absolute atomic E-state index is 0.284. The van der Waals surface area contributed by atoms with Crippen LogP contribution < -0.4 is 4.74 Å². The summed E-state index contributed by atoms with van der Waals surface area (Å²) in [6.45, 7) is 4.30. The zero-order valence-electron chi connectivity index (χ0n) is 17.3. The fourth-order valence-electron chi connectivity index (χ4n) is 4.41. The Morgan fingerprint density at radius 1 is 1.17 bits per heavy atom. The zero-order valence-corrected chi connectivity index (χ0v) is 17.3. The van der Waals surface area contributed by atoms with Gasteiger partial charge in [-0.15, -0.1) is 0 Å². The summed E-state index contributed by atoms with van der Waals surface area (Å²) < 4.78 is 17.6. The number of Topliss-reactive ketones (excluding diaryl/α,β-unsaturated/α-hetero) is 1. The third kappa shape index (κ3) is 4.67. The molecule has 1 atom stereocenters. The predicted octanol–water partition coefficient (Wildman–Crippen LogP) is 6.03. The smallest absolute Gasteiger partial charge is 0.233 e. The summed E-state index contributed by atoms with van der Waals surface area (Å²) in [5.41, 5.74) is -0.0772. The lowest BCUT2D eigenvalue weighted by atomic mass is 9.86. The first-order chi connectivity index (χ1) is 13.9. The van der Waals surface area contributed by atoms with Gasteiger partial charge in [-0.3, -0.25) is 4.79 Å². The van der Waals surface area contributed by atoms with E-state index >= 15 is 0 Å². The molecule has 1 aromatic heterocycles. The van der Waals surface area contributed by atoms with Crippen LogP contribution in [0, 0.1) is 5.92 Å². The summed E-state index contributed by atoms with van der Waals surface area (Å²) in [5, 5.41) is 10.8. The monoisotopic (exact) mass is 398 g/mol. The Labute approximate surface area is 171 Å². The van der Waals surface area contributed by atoms with Crippen LogP contribution in [0.15, 0.2) is 40.5 Å². The molecular formula is C24H30O5. The topological polar surface area (TPSA) is 68.9 Å². The van der Waals surface area contributed by atoms with Crippen LogP contribution in [0.25, 0.3) is 11.0 Å². The van der Waals surface area contributed by atoms with E-state index in [9.17, 15) is 9.90 Å². The highest BCUT2D eigenvalue weighted by atomic mass is 16.5. The number of carbonyl (C=O) groups is 1. The van der Waals surface area contributed by atoms with E-state index < -0.39 is 17.5 Å². The first-order valence-corrected chi connectivity index (χ1v) is 10.7. The predicted molar refractivity (Wildman–Crippen MR) is 111 cm³/mol. The first-order valence-electron chi connectivity index (χ1n) is 10.7. The molecule has 0 bridgehead atoms. The van der Waals surface area contributed by atoms with Crippen molar-refractivity contribution in [1.82, 2.24) is 0 Å². The summed E-state index contributed by atoms with van der Waals surface area (Å²) >= 11 is 0. The number of ether oxygens (including phenoxy) is 2. The third-order valence-corrected chi connectivity index (χ3v) is 5.91. The average molecular weight is 398 g/mol. The number of fused-ring (bicyclic) bond motifs is 1. The van der Waals surface area contributed by atoms with Crippen molar-refractivity contribution in [2.75, 3.05) is 6.61 Å². The molecule has 1 aliphatic heterocycles. The Balaban J connectivity index is 1.40. The van der Waals surface area contributed by atoms with Gasteiger partial charge >= 0.3 is 0 Å². The Bertz CT molecular complexity index is 901. The lowest BCUT2D eigenvalue weighted by Gasteiger charge is -2.30. The highest BCUT2D eigenvalue weighted by Gasteiger charge is 2.38. The van der Waals surface area contributed by atoms with Crippen LogP contribution >= 0.6 is 0 Å². The maximum atomic E-state index is 12.3. The van der Waals surface area contributed by atoms with E-state index in [1.54, 1.807) is 19.9 Å². The summed E-state index contributed by atoms with van der Waals surface area (Å²) in [7, 11) is 0. The number of carbonyl (C=O) groups excluding carboxylic acids is 1. The van der Waals surface area contributed by atoms with Crippen molar-refractivity contribution in [2.24, 2.45) is 5.92 Å². The molecule has 5 heteroatoms. The first kappa shape index (κ1) is 20.0. The number of hydrogen-bond donors (Lipinski definition) is 1. The van der Waals surface area contributed by atoms with E-state index in [-0.39, 0.29) is 5.76 Å². The maximum Gasteiger partial charge on any atom is 0.233 e. The molecule has 1 fully saturated rings. The molecule has 1 saturated carbocycles. The fourth-order valence-corrected chi connectivity index (χ4v) is 4.41. The number of aliphatic hydroxyl groups is 1. The second-order valence-electron chi connectivity index (χ2n) is 8.84. The highest BCUT2D eigenvalue weighted by Crippen LogP contribution is 2.36. The molecular weight excluding hydrogens is 368 g/mol. The number of aliphatic hydroxyl groups excluding tert-OH is 1. The van der Waals surface area contributed by atoms with E-state index in [1.165, 1.54) is 44.6 Å². The van der Waals surface area contributed by atoms with Gasteiger partial charge < -0.3 is 19.0 Å². The number of hydrogen-bond acceptors (Lipinski definition) is 5. The highest BCUT2D eigenvalue weighted by molar-refractivity contribution is 5.98. The fraction of sp³-hybridized carbons (Fsp3) is 0.542. The molecule has 0 amide bonds. The van der Waals surface area contributed by atoms with Gasteiger partial charge in [0.15, 0.2) is 11.9 Å². The maximum absolute atomic E-state index is 12.3. The minimum Gasteiger partial charge on any atom is -0.504 e. The van der Waals surface area contributed by atoms with Crippen LogP contribution in [0.5, 0.6) is 5.75 Å². The van der Waals surface area contributed by atoms with Gasteiger partial charge in [-0.05, 0) is 62.9 Å². The van der Waals surface area contributed by atoms with Gasteiger partial charge in [0.05, 0.1) is 12.2 Å². The molecule has 2 heterocycles. The molecule has 1 N–H and O–H groups in total. The van der Waals surface area contributed by atoms with Gasteiger partial charge in [0.1, 0.15) is 17.1 Å². The third-order valence-electron chi connectivity index (χ3n) is 5.91. The van der Waals surface area contributed by atoms with E-state index in [1.807, 2.05) is 18.2 Å². The number of ketones is 1. The molecule has 29 heavy (non-hydrogen) atoms. The van der Waals surface area contributed by atoms with Crippen LogP contribution in [0.2, 0.25) is 0 Å². The molecule has 5 nitrogen and oxygen atoms in total. The van der Waals surface area contributed by atoms with Gasteiger partial charge in [0, 0.05) is 5.39 Å². The van der Waals surface area contributed by atoms with Crippen molar-refractivity contribution < 1.29 is 23.8 Å². The van der Waals surface area contributed by atoms with E-state index in [0.717, 1.165) is 23.5 Å². The second kappa shape index (κ2) is 8.23. The summed E-state index contributed by atoms with van der Waals surface area (Å²) in [6.07, 6.45) is 9.68. The van der Waals surface area contributed by atoms with Crippen LogP contribution in [-0.4, -0.2) is 23.1 Å². The second-order valence-corrected chi connectivity index (χ2v) is 8.84. The SMILES string of the molecule is CC1(C)C=C(O)C(=O)C(c2cc3cc(OCCCC4CCCCC4)ccc3o2)O1. The standard InChI is InChI=1S/C24H30O5/c1-24(2)15-19(25)22(26)23(29-24)21-14-17-13-18(10-11-20(17)28-21)27-12-6-9-16-7-4-3-5-8-16/h10-11,13-16,23,25H,3-9,12H2,1-2H3. The largest absolute Gasteiger partial charge is 0.504 e. The van der Waals surface area contributed by atoms with Crippen molar-refractivity contribution in [2.45, 2.75) is 70.5 Å². The lowest BCUT2D eigenvalue weighted by Crippen LogP contribution is -2.34. The van der Waals surface area contributed by atoms with Crippen molar-refractivity contribution in [3.8, 4) is 5.75 Å². The van der Waals surface area contributed by atoms with Crippen molar-refractivity contribution >= 4 is 16.8 Å². The van der Waals surface area contributed by atoms with Gasteiger partial charge in [-0.1, -0.05) is 32.1 Å². The average Bonchev–Trinajstić information content (AvgIpc) is 3.12. The minimum atomic E-state index is -0.942. The van der Waals surface area contributed by atoms with Crippen LogP contribution in [0.1, 0.15) is 70.7 Å². The summed E-state index contributed by atoms with van der Waals surface area (Å²) in [5.74, 6) is 1.30. The summed E-state index contributed by atoms with van der Waals surface area (Å²) in [6, 6.07) is 7.46. The quantitative estimate of drug-likeness (QED) is 0.601. The van der Waals surface area contributed by atoms with Crippen molar-refractivity contribution in [3.05, 3.63) is 41.9 Å². The molecule has 0 radical (unpaired) electrons. The van der Waals surface area contributed by atoms with Gasteiger partial charge in [0.25, 0.3) is 0 Å². The van der Waals surface area contributed by atoms with E-state index in [2.05, 4.69) is 0 Å². The normalized spacial score (nSPS) is 22.6.